The molecule has 28 heavy (non-hydrogen) atoms. The summed E-state index contributed by atoms with van der Waals surface area (Å²) < 4.78 is 6.97. The van der Waals surface area contributed by atoms with E-state index in [9.17, 15) is 9.90 Å². The van der Waals surface area contributed by atoms with E-state index in [4.69, 9.17) is 4.74 Å². The third kappa shape index (κ3) is 4.85. The number of amides is 2. The largest absolute Gasteiger partial charge is 0.391 e. The molecule has 1 aliphatic carbocycles. The molecule has 1 aliphatic rings. The van der Waals surface area contributed by atoms with Gasteiger partial charge in [0.2, 0.25) is 0 Å². The molecule has 0 aromatic carbocycles. The summed E-state index contributed by atoms with van der Waals surface area (Å²) >= 11 is 0. The van der Waals surface area contributed by atoms with Crippen LogP contribution in [0.1, 0.15) is 50.7 Å². The number of hydrogen-bond donors (Lipinski definition) is 3. The minimum absolute atomic E-state index is 0.0295. The second-order valence-electron chi connectivity index (χ2n) is 7.40. The summed E-state index contributed by atoms with van der Waals surface area (Å²) in [5.41, 5.74) is 0.820. The van der Waals surface area contributed by atoms with Gasteiger partial charge in [-0.3, -0.25) is 4.98 Å². The lowest BCUT2D eigenvalue weighted by atomic mass is 9.83. The first-order valence-electron chi connectivity index (χ1n) is 9.58. The van der Waals surface area contributed by atoms with Crippen LogP contribution in [0, 0.1) is 0 Å². The third-order valence-electron chi connectivity index (χ3n) is 4.76. The van der Waals surface area contributed by atoms with Crippen molar-refractivity contribution in [3.05, 3.63) is 36.2 Å². The topological polar surface area (TPSA) is 114 Å². The molecule has 9 nitrogen and oxygen atoms in total. The Morgan fingerprint density at radius 3 is 2.93 bits per heavy atom. The van der Waals surface area contributed by atoms with Crippen LogP contribution in [0.15, 0.2) is 24.5 Å². The van der Waals surface area contributed by atoms with Crippen molar-refractivity contribution < 1.29 is 14.6 Å². The quantitative estimate of drug-likeness (QED) is 0.691. The summed E-state index contributed by atoms with van der Waals surface area (Å²) in [7, 11) is 1.61. The SMILES string of the molecule is COCc1nc([C@H]2CC[C@@H](O)[C@H](NC(=O)NC(C)C)C2)n(-c2cccnc2)n1. The molecule has 3 atom stereocenters. The van der Waals surface area contributed by atoms with Crippen LogP contribution >= 0.6 is 0 Å². The number of hydrogen-bond acceptors (Lipinski definition) is 6. The zero-order valence-corrected chi connectivity index (χ0v) is 16.5. The second-order valence-corrected chi connectivity index (χ2v) is 7.40. The van der Waals surface area contributed by atoms with Crippen LogP contribution < -0.4 is 10.6 Å². The van der Waals surface area contributed by atoms with Gasteiger partial charge in [0.25, 0.3) is 0 Å². The highest BCUT2D eigenvalue weighted by Crippen LogP contribution is 2.33. The summed E-state index contributed by atoms with van der Waals surface area (Å²) in [6.45, 7) is 4.11. The highest BCUT2D eigenvalue weighted by Gasteiger charge is 2.34. The third-order valence-corrected chi connectivity index (χ3v) is 4.76. The summed E-state index contributed by atoms with van der Waals surface area (Å²) in [5.74, 6) is 1.43. The fourth-order valence-electron chi connectivity index (χ4n) is 3.51. The molecule has 2 heterocycles. The molecule has 9 heteroatoms. The van der Waals surface area contributed by atoms with E-state index in [1.807, 2.05) is 26.0 Å². The van der Waals surface area contributed by atoms with Gasteiger partial charge in [0.05, 0.1) is 24.0 Å². The van der Waals surface area contributed by atoms with Crippen molar-refractivity contribution in [2.24, 2.45) is 0 Å². The fourth-order valence-corrected chi connectivity index (χ4v) is 3.51. The molecule has 0 bridgehead atoms. The summed E-state index contributed by atoms with van der Waals surface area (Å²) in [4.78, 5) is 20.9. The molecule has 152 valence electrons. The van der Waals surface area contributed by atoms with Crippen molar-refractivity contribution in [1.29, 1.82) is 0 Å². The predicted molar refractivity (Wildman–Crippen MR) is 103 cm³/mol. The number of aromatic nitrogens is 4. The molecule has 1 saturated carbocycles. The molecule has 1 fully saturated rings. The molecular formula is C19H28N6O3. The number of nitrogens with zero attached hydrogens (tertiary/aromatic N) is 4. The van der Waals surface area contributed by atoms with Gasteiger partial charge < -0.3 is 20.5 Å². The molecule has 2 amide bonds. The van der Waals surface area contributed by atoms with Gasteiger partial charge in [-0.2, -0.15) is 0 Å². The zero-order valence-electron chi connectivity index (χ0n) is 16.5. The highest BCUT2D eigenvalue weighted by atomic mass is 16.5. The number of pyridine rings is 1. The lowest BCUT2D eigenvalue weighted by Crippen LogP contribution is -2.51. The van der Waals surface area contributed by atoms with Crippen LogP contribution in [-0.2, 0) is 11.3 Å². The van der Waals surface area contributed by atoms with E-state index in [0.29, 0.717) is 25.3 Å². The Morgan fingerprint density at radius 1 is 1.43 bits per heavy atom. The Hall–Kier alpha value is -2.52. The first-order chi connectivity index (χ1) is 13.5. The van der Waals surface area contributed by atoms with Crippen molar-refractivity contribution in [2.75, 3.05) is 7.11 Å². The molecule has 2 aromatic heterocycles. The molecule has 0 spiro atoms. The Balaban J connectivity index is 1.82. The molecular weight excluding hydrogens is 360 g/mol. The number of methoxy groups -OCH3 is 1. The lowest BCUT2D eigenvalue weighted by Gasteiger charge is -2.33. The smallest absolute Gasteiger partial charge is 0.315 e. The monoisotopic (exact) mass is 388 g/mol. The van der Waals surface area contributed by atoms with Gasteiger partial charge in [-0.15, -0.1) is 5.10 Å². The average molecular weight is 388 g/mol. The summed E-state index contributed by atoms with van der Waals surface area (Å²) in [6, 6.07) is 3.19. The Bertz CT molecular complexity index is 779. The Kier molecular flexibility index (Phi) is 6.58. The maximum atomic E-state index is 12.1. The van der Waals surface area contributed by atoms with E-state index in [0.717, 1.165) is 17.9 Å². The van der Waals surface area contributed by atoms with Gasteiger partial charge in [0.15, 0.2) is 5.82 Å². The van der Waals surface area contributed by atoms with Gasteiger partial charge >= 0.3 is 6.03 Å². The second kappa shape index (κ2) is 9.11. The van der Waals surface area contributed by atoms with E-state index in [2.05, 4.69) is 25.7 Å². The number of nitrogens with one attached hydrogen (secondary N) is 2. The van der Waals surface area contributed by atoms with E-state index in [1.54, 1.807) is 24.2 Å². The number of ether oxygens (including phenoxy) is 1. The molecule has 3 rings (SSSR count). The standard InChI is InChI=1S/C19H28N6O3/c1-12(2)21-19(27)22-15-9-13(6-7-16(15)26)18-23-17(11-28-3)24-25(18)14-5-4-8-20-10-14/h4-5,8,10,12-13,15-16,26H,6-7,9,11H2,1-3H3,(H2,21,22,27)/t13-,15+,16+/m0/s1. The zero-order chi connectivity index (χ0) is 20.1. The van der Waals surface area contributed by atoms with Gasteiger partial charge in [0, 0.05) is 25.3 Å². The first-order valence-corrected chi connectivity index (χ1v) is 9.58. The van der Waals surface area contributed by atoms with Crippen LogP contribution in [0.3, 0.4) is 0 Å². The highest BCUT2D eigenvalue weighted by molar-refractivity contribution is 5.74. The minimum Gasteiger partial charge on any atom is -0.391 e. The van der Waals surface area contributed by atoms with E-state index in [-0.39, 0.29) is 24.0 Å². The van der Waals surface area contributed by atoms with Crippen molar-refractivity contribution in [1.82, 2.24) is 30.4 Å². The minimum atomic E-state index is -0.581. The number of carbonyl (C=O) groups excluding carboxylic acids is 1. The van der Waals surface area contributed by atoms with Crippen molar-refractivity contribution in [2.45, 2.75) is 63.8 Å². The lowest BCUT2D eigenvalue weighted by molar-refractivity contribution is 0.0851. The number of carbonyl (C=O) groups is 1. The van der Waals surface area contributed by atoms with E-state index >= 15 is 0 Å². The van der Waals surface area contributed by atoms with E-state index < -0.39 is 6.10 Å². The fraction of sp³-hybridized carbons (Fsp3) is 0.579. The Morgan fingerprint density at radius 2 is 2.25 bits per heavy atom. The van der Waals surface area contributed by atoms with Crippen LogP contribution in [0.4, 0.5) is 4.79 Å². The predicted octanol–water partition coefficient (Wildman–Crippen LogP) is 1.51. The van der Waals surface area contributed by atoms with Gasteiger partial charge in [-0.1, -0.05) is 0 Å². The molecule has 0 radical (unpaired) electrons. The maximum Gasteiger partial charge on any atom is 0.315 e. The van der Waals surface area contributed by atoms with Crippen LogP contribution in [0.2, 0.25) is 0 Å². The Labute approximate surface area is 164 Å². The van der Waals surface area contributed by atoms with Gasteiger partial charge in [-0.05, 0) is 45.2 Å². The van der Waals surface area contributed by atoms with Crippen LogP contribution in [0.5, 0.6) is 0 Å². The van der Waals surface area contributed by atoms with Crippen molar-refractivity contribution >= 4 is 6.03 Å². The average Bonchev–Trinajstić information content (AvgIpc) is 3.08. The van der Waals surface area contributed by atoms with E-state index in [1.165, 1.54) is 0 Å². The van der Waals surface area contributed by atoms with Gasteiger partial charge in [-0.25, -0.2) is 14.5 Å². The first kappa shape index (κ1) is 20.2. The number of urea groups is 1. The molecule has 0 saturated heterocycles. The summed E-state index contributed by atoms with van der Waals surface area (Å²) in [6.07, 6.45) is 4.78. The van der Waals surface area contributed by atoms with Gasteiger partial charge in [0.1, 0.15) is 12.4 Å². The van der Waals surface area contributed by atoms with Crippen molar-refractivity contribution in [3.63, 3.8) is 0 Å². The number of aliphatic hydroxyl groups is 1. The number of aliphatic hydroxyl groups excluding tert-OH is 1. The molecule has 3 N–H and O–H groups in total. The van der Waals surface area contributed by atoms with Crippen LogP contribution in [-0.4, -0.2) is 56.2 Å². The molecule has 2 aromatic rings. The van der Waals surface area contributed by atoms with Crippen LogP contribution in [0.25, 0.3) is 5.69 Å². The molecule has 0 aliphatic heterocycles. The molecule has 0 unspecified atom stereocenters. The summed E-state index contributed by atoms with van der Waals surface area (Å²) in [5, 5.41) is 20.6. The number of rotatable bonds is 6. The van der Waals surface area contributed by atoms with Crippen molar-refractivity contribution in [3.8, 4) is 5.69 Å². The normalized spacial score (nSPS) is 22.2. The maximum absolute atomic E-state index is 12.1.